The molecule has 0 spiro atoms. The number of aliphatic hydroxyl groups is 1. The van der Waals surface area contributed by atoms with E-state index in [1.165, 1.54) is 0 Å². The van der Waals surface area contributed by atoms with Crippen molar-refractivity contribution in [1.29, 1.82) is 0 Å². The zero-order valence-corrected chi connectivity index (χ0v) is 15.6. The smallest absolute Gasteiger partial charge is 0.338 e. The Hall–Kier alpha value is -2.99. The third-order valence-corrected chi connectivity index (χ3v) is 4.07. The summed E-state index contributed by atoms with van der Waals surface area (Å²) in [6, 6.07) is 16.3. The Morgan fingerprint density at radius 1 is 0.786 bits per heavy atom. The standard InChI is InChI=1S/C22H24O6/c23-16-20(24)11-9-17-5-4-6-18(15-17)10-12-21(25)27-13-14-28-22(26)19-7-2-1-3-8-19/h1-8,15,23H,9-14,16H2. The molecule has 0 radical (unpaired) electrons. The van der Waals surface area contributed by atoms with E-state index in [0.29, 0.717) is 24.8 Å². The molecule has 1 N–H and O–H groups in total. The largest absolute Gasteiger partial charge is 0.462 e. The lowest BCUT2D eigenvalue weighted by Crippen LogP contribution is -2.14. The number of aliphatic hydroxyl groups excluding tert-OH is 1. The molecule has 148 valence electrons. The van der Waals surface area contributed by atoms with Gasteiger partial charge in [0.25, 0.3) is 0 Å². The van der Waals surface area contributed by atoms with Crippen molar-refractivity contribution in [2.45, 2.75) is 25.7 Å². The fourth-order valence-corrected chi connectivity index (χ4v) is 2.57. The van der Waals surface area contributed by atoms with Gasteiger partial charge in [-0.2, -0.15) is 0 Å². The molecule has 2 aromatic rings. The van der Waals surface area contributed by atoms with E-state index in [2.05, 4.69) is 0 Å². The van der Waals surface area contributed by atoms with Gasteiger partial charge in [0, 0.05) is 12.8 Å². The number of benzene rings is 2. The van der Waals surface area contributed by atoms with Crippen molar-refractivity contribution in [2.75, 3.05) is 19.8 Å². The minimum atomic E-state index is -0.451. The second-order valence-electron chi connectivity index (χ2n) is 6.24. The van der Waals surface area contributed by atoms with Gasteiger partial charge in [-0.3, -0.25) is 9.59 Å². The Labute approximate surface area is 164 Å². The van der Waals surface area contributed by atoms with Crippen molar-refractivity contribution in [2.24, 2.45) is 0 Å². The summed E-state index contributed by atoms with van der Waals surface area (Å²) in [4.78, 5) is 34.8. The number of carbonyl (C=O) groups excluding carboxylic acids is 3. The van der Waals surface area contributed by atoms with Gasteiger partial charge in [0.1, 0.15) is 19.8 Å². The van der Waals surface area contributed by atoms with Gasteiger partial charge >= 0.3 is 11.9 Å². The highest BCUT2D eigenvalue weighted by molar-refractivity contribution is 5.89. The van der Waals surface area contributed by atoms with E-state index in [-0.39, 0.29) is 31.4 Å². The third kappa shape index (κ3) is 7.72. The van der Waals surface area contributed by atoms with E-state index in [9.17, 15) is 14.4 Å². The third-order valence-electron chi connectivity index (χ3n) is 4.07. The number of carbonyl (C=O) groups is 3. The maximum atomic E-state index is 11.8. The van der Waals surface area contributed by atoms with E-state index >= 15 is 0 Å². The first-order valence-corrected chi connectivity index (χ1v) is 9.16. The van der Waals surface area contributed by atoms with Gasteiger partial charge < -0.3 is 14.6 Å². The van der Waals surface area contributed by atoms with Crippen LogP contribution in [0.25, 0.3) is 0 Å². The SMILES string of the molecule is O=C(CO)CCc1cccc(CCC(=O)OCCOC(=O)c2ccccc2)c1. The van der Waals surface area contributed by atoms with Gasteiger partial charge in [-0.15, -0.1) is 0 Å². The molecular weight excluding hydrogens is 360 g/mol. The Morgan fingerprint density at radius 3 is 2.11 bits per heavy atom. The fourth-order valence-electron chi connectivity index (χ4n) is 2.57. The molecule has 0 atom stereocenters. The van der Waals surface area contributed by atoms with E-state index in [1.54, 1.807) is 24.3 Å². The molecule has 0 aliphatic rings. The molecule has 0 amide bonds. The Morgan fingerprint density at radius 2 is 1.43 bits per heavy atom. The average Bonchev–Trinajstić information content (AvgIpc) is 2.74. The van der Waals surface area contributed by atoms with Crippen LogP contribution in [0.4, 0.5) is 0 Å². The van der Waals surface area contributed by atoms with Crippen LogP contribution >= 0.6 is 0 Å². The van der Waals surface area contributed by atoms with Crippen molar-refractivity contribution in [3.63, 3.8) is 0 Å². The van der Waals surface area contributed by atoms with Crippen molar-refractivity contribution >= 4 is 17.7 Å². The predicted octanol–water partition coefficient (Wildman–Crippen LogP) is 2.51. The molecule has 0 heterocycles. The van der Waals surface area contributed by atoms with Crippen LogP contribution < -0.4 is 0 Å². The Balaban J connectivity index is 1.65. The van der Waals surface area contributed by atoms with Crippen molar-refractivity contribution in [3.05, 3.63) is 71.3 Å². The molecule has 0 unspecified atom stereocenters. The highest BCUT2D eigenvalue weighted by atomic mass is 16.6. The predicted molar refractivity (Wildman–Crippen MR) is 103 cm³/mol. The summed E-state index contributed by atoms with van der Waals surface area (Å²) in [6.07, 6.45) is 1.59. The molecule has 2 aromatic carbocycles. The lowest BCUT2D eigenvalue weighted by atomic mass is 10.0. The minimum Gasteiger partial charge on any atom is -0.462 e. The number of rotatable bonds is 11. The van der Waals surface area contributed by atoms with Crippen molar-refractivity contribution in [1.82, 2.24) is 0 Å². The summed E-state index contributed by atoms with van der Waals surface area (Å²) in [5.41, 5.74) is 2.41. The zero-order chi connectivity index (χ0) is 20.2. The Bertz CT molecular complexity index is 785. The zero-order valence-electron chi connectivity index (χ0n) is 15.6. The number of Topliss-reactive ketones (excluding diaryl/α,β-unsaturated/α-hetero) is 1. The van der Waals surface area contributed by atoms with Gasteiger partial charge in [0.2, 0.25) is 0 Å². The number of hydrogen-bond donors (Lipinski definition) is 1. The molecule has 0 aromatic heterocycles. The van der Waals surface area contributed by atoms with Crippen LogP contribution in [0.5, 0.6) is 0 Å². The van der Waals surface area contributed by atoms with Crippen molar-refractivity contribution in [3.8, 4) is 0 Å². The van der Waals surface area contributed by atoms with E-state index < -0.39 is 12.6 Å². The molecule has 0 saturated heterocycles. The average molecular weight is 384 g/mol. The van der Waals surface area contributed by atoms with Gasteiger partial charge in [0.05, 0.1) is 5.56 Å². The van der Waals surface area contributed by atoms with E-state index in [4.69, 9.17) is 14.6 Å². The van der Waals surface area contributed by atoms with Gasteiger partial charge in [-0.1, -0.05) is 42.5 Å². The number of ketones is 1. The summed E-state index contributed by atoms with van der Waals surface area (Å²) in [6.45, 7) is -0.416. The molecule has 6 heteroatoms. The lowest BCUT2D eigenvalue weighted by molar-refractivity contribution is -0.144. The summed E-state index contributed by atoms with van der Waals surface area (Å²) < 4.78 is 10.1. The second-order valence-corrected chi connectivity index (χ2v) is 6.24. The molecule has 0 aliphatic carbocycles. The van der Waals surface area contributed by atoms with Crippen LogP contribution in [0.3, 0.4) is 0 Å². The van der Waals surface area contributed by atoms with Crippen LogP contribution in [0.2, 0.25) is 0 Å². The molecule has 2 rings (SSSR count). The molecule has 0 bridgehead atoms. The normalized spacial score (nSPS) is 10.3. The number of esters is 2. The first kappa shape index (κ1) is 21.3. The van der Waals surface area contributed by atoms with Crippen LogP contribution in [0, 0.1) is 0 Å². The number of hydrogen-bond acceptors (Lipinski definition) is 6. The quantitative estimate of drug-likeness (QED) is 0.473. The number of ether oxygens (including phenoxy) is 2. The maximum Gasteiger partial charge on any atom is 0.338 e. The number of aryl methyl sites for hydroxylation is 2. The first-order chi connectivity index (χ1) is 13.6. The topological polar surface area (TPSA) is 89.9 Å². The summed E-state index contributed by atoms with van der Waals surface area (Å²) in [5, 5.41) is 8.76. The molecule has 6 nitrogen and oxygen atoms in total. The van der Waals surface area contributed by atoms with Crippen LogP contribution in [-0.4, -0.2) is 42.6 Å². The van der Waals surface area contributed by atoms with Crippen LogP contribution in [-0.2, 0) is 31.9 Å². The molecule has 0 saturated carbocycles. The lowest BCUT2D eigenvalue weighted by Gasteiger charge is -2.07. The summed E-state index contributed by atoms with van der Waals surface area (Å²) >= 11 is 0. The van der Waals surface area contributed by atoms with E-state index in [0.717, 1.165) is 11.1 Å². The Kier molecular flexibility index (Phi) is 8.88. The molecule has 28 heavy (non-hydrogen) atoms. The minimum absolute atomic E-state index is 0.00778. The molecule has 0 fully saturated rings. The molecular formula is C22H24O6. The monoisotopic (exact) mass is 384 g/mol. The van der Waals surface area contributed by atoms with Crippen LogP contribution in [0.15, 0.2) is 54.6 Å². The highest BCUT2D eigenvalue weighted by Gasteiger charge is 2.08. The van der Waals surface area contributed by atoms with Gasteiger partial charge in [-0.05, 0) is 36.1 Å². The summed E-state index contributed by atoms with van der Waals surface area (Å²) in [5.74, 6) is -1.01. The van der Waals surface area contributed by atoms with Gasteiger partial charge in [0.15, 0.2) is 5.78 Å². The fraction of sp³-hybridized carbons (Fsp3) is 0.318. The summed E-state index contributed by atoms with van der Waals surface area (Å²) in [7, 11) is 0. The van der Waals surface area contributed by atoms with E-state index in [1.807, 2.05) is 30.3 Å². The van der Waals surface area contributed by atoms with Gasteiger partial charge in [-0.25, -0.2) is 4.79 Å². The second kappa shape index (κ2) is 11.7. The molecule has 0 aliphatic heterocycles. The highest BCUT2D eigenvalue weighted by Crippen LogP contribution is 2.10. The first-order valence-electron chi connectivity index (χ1n) is 9.16. The van der Waals surface area contributed by atoms with Crippen molar-refractivity contribution < 1.29 is 29.0 Å². The maximum absolute atomic E-state index is 11.8. The van der Waals surface area contributed by atoms with Crippen LogP contribution in [0.1, 0.15) is 34.3 Å².